The monoisotopic (exact) mass is 675 g/mol. The lowest BCUT2D eigenvalue weighted by molar-refractivity contribution is 1.18. The fourth-order valence-corrected chi connectivity index (χ4v) is 7.74. The quantitative estimate of drug-likeness (QED) is 0.176. The molecular formula is C50H33N3. The number of benzene rings is 8. The SMILES string of the molecule is c1ccc(C2=Nc3c(c(-c4ccc5ccccc5c4-c4ccc(-c5cc(-c6ccccc6)nc(-c6ccccc6)n5)cc4)cc4ccccc34)C2)cc1. The van der Waals surface area contributed by atoms with E-state index in [9.17, 15) is 0 Å². The van der Waals surface area contributed by atoms with Gasteiger partial charge in [-0.25, -0.2) is 9.97 Å². The van der Waals surface area contributed by atoms with E-state index in [1.54, 1.807) is 0 Å². The Kier molecular flexibility index (Phi) is 7.54. The minimum Gasteiger partial charge on any atom is -0.252 e. The standard InChI is InChI=1S/C50H33N3/c1-4-15-34(16-5-1)45-31-44-43(30-39-21-11-13-23-41(39)49(44)51-45)42-29-28-33-14-10-12-22-40(33)48(42)37-26-24-36(25-27-37)47-32-46(35-17-6-2-7-18-35)52-50(53-47)38-19-8-3-9-20-38/h1-30,32H,31H2. The van der Waals surface area contributed by atoms with E-state index in [-0.39, 0.29) is 0 Å². The molecule has 248 valence electrons. The van der Waals surface area contributed by atoms with Crippen molar-refractivity contribution in [2.45, 2.75) is 6.42 Å². The van der Waals surface area contributed by atoms with Crippen LogP contribution >= 0.6 is 0 Å². The second-order valence-corrected chi connectivity index (χ2v) is 13.6. The fraction of sp³-hybridized carbons (Fsp3) is 0.0200. The van der Waals surface area contributed by atoms with E-state index >= 15 is 0 Å². The molecular weight excluding hydrogens is 643 g/mol. The van der Waals surface area contributed by atoms with Gasteiger partial charge in [-0.15, -0.1) is 0 Å². The second kappa shape index (κ2) is 13.0. The van der Waals surface area contributed by atoms with Crippen LogP contribution in [0, 0.1) is 0 Å². The van der Waals surface area contributed by atoms with Gasteiger partial charge in [-0.05, 0) is 61.7 Å². The third-order valence-corrected chi connectivity index (χ3v) is 10.3. The van der Waals surface area contributed by atoms with Crippen molar-refractivity contribution in [1.82, 2.24) is 9.97 Å². The molecule has 1 aliphatic heterocycles. The highest BCUT2D eigenvalue weighted by Crippen LogP contribution is 2.47. The lowest BCUT2D eigenvalue weighted by Crippen LogP contribution is -2.01. The number of nitrogens with zero attached hydrogens (tertiary/aromatic N) is 3. The van der Waals surface area contributed by atoms with E-state index < -0.39 is 0 Å². The first-order valence-corrected chi connectivity index (χ1v) is 18.1. The summed E-state index contributed by atoms with van der Waals surface area (Å²) in [5.41, 5.74) is 14.3. The van der Waals surface area contributed by atoms with Crippen LogP contribution in [0.3, 0.4) is 0 Å². The molecule has 0 bridgehead atoms. The van der Waals surface area contributed by atoms with Gasteiger partial charge in [-0.1, -0.05) is 176 Å². The molecule has 0 fully saturated rings. The summed E-state index contributed by atoms with van der Waals surface area (Å²) in [6.45, 7) is 0. The van der Waals surface area contributed by atoms with Crippen molar-refractivity contribution in [2.24, 2.45) is 4.99 Å². The van der Waals surface area contributed by atoms with Crippen LogP contribution in [0.15, 0.2) is 193 Å². The van der Waals surface area contributed by atoms with Crippen LogP contribution in [0.2, 0.25) is 0 Å². The van der Waals surface area contributed by atoms with Gasteiger partial charge in [-0.2, -0.15) is 0 Å². The van der Waals surface area contributed by atoms with Gasteiger partial charge in [0, 0.05) is 28.5 Å². The zero-order valence-electron chi connectivity index (χ0n) is 28.9. The molecule has 0 atom stereocenters. The molecule has 0 aliphatic carbocycles. The number of aromatic nitrogens is 2. The predicted molar refractivity (Wildman–Crippen MR) is 221 cm³/mol. The first-order valence-electron chi connectivity index (χ1n) is 18.1. The maximum absolute atomic E-state index is 5.31. The van der Waals surface area contributed by atoms with Crippen LogP contribution in [0.25, 0.3) is 77.7 Å². The summed E-state index contributed by atoms with van der Waals surface area (Å²) >= 11 is 0. The Hall–Kier alpha value is -6.97. The van der Waals surface area contributed by atoms with Crippen LogP contribution in [0.5, 0.6) is 0 Å². The zero-order valence-corrected chi connectivity index (χ0v) is 28.9. The molecule has 10 rings (SSSR count). The van der Waals surface area contributed by atoms with Gasteiger partial charge in [0.2, 0.25) is 0 Å². The van der Waals surface area contributed by atoms with E-state index in [2.05, 4.69) is 164 Å². The average Bonchev–Trinajstić information content (AvgIpc) is 3.70. The summed E-state index contributed by atoms with van der Waals surface area (Å²) in [6.07, 6.45) is 0.784. The Balaban J connectivity index is 1.13. The van der Waals surface area contributed by atoms with Gasteiger partial charge in [-0.3, -0.25) is 4.99 Å². The molecule has 0 radical (unpaired) electrons. The summed E-state index contributed by atoms with van der Waals surface area (Å²) in [5, 5.41) is 4.82. The summed E-state index contributed by atoms with van der Waals surface area (Å²) < 4.78 is 0. The van der Waals surface area contributed by atoms with Crippen molar-refractivity contribution >= 4 is 32.9 Å². The van der Waals surface area contributed by atoms with Gasteiger partial charge in [0.05, 0.1) is 22.8 Å². The normalized spacial score (nSPS) is 12.2. The molecule has 53 heavy (non-hydrogen) atoms. The Morgan fingerprint density at radius 1 is 0.377 bits per heavy atom. The molecule has 8 aromatic carbocycles. The van der Waals surface area contributed by atoms with E-state index in [0.717, 1.165) is 51.5 Å². The maximum atomic E-state index is 5.31. The van der Waals surface area contributed by atoms with Gasteiger partial charge >= 0.3 is 0 Å². The number of fused-ring (bicyclic) bond motifs is 4. The smallest absolute Gasteiger partial charge is 0.160 e. The molecule has 0 saturated heterocycles. The molecule has 9 aromatic rings. The molecule has 2 heterocycles. The Bertz CT molecular complexity index is 2770. The summed E-state index contributed by atoms with van der Waals surface area (Å²) in [6, 6.07) is 66.4. The summed E-state index contributed by atoms with van der Waals surface area (Å²) in [5.74, 6) is 0.713. The molecule has 3 nitrogen and oxygen atoms in total. The molecule has 0 amide bonds. The van der Waals surface area contributed by atoms with Crippen molar-refractivity contribution in [3.8, 4) is 56.2 Å². The van der Waals surface area contributed by atoms with Gasteiger partial charge in [0.1, 0.15) is 0 Å². The van der Waals surface area contributed by atoms with Crippen LogP contribution < -0.4 is 0 Å². The van der Waals surface area contributed by atoms with Crippen molar-refractivity contribution in [1.29, 1.82) is 0 Å². The second-order valence-electron chi connectivity index (χ2n) is 13.6. The van der Waals surface area contributed by atoms with Gasteiger partial charge < -0.3 is 0 Å². The van der Waals surface area contributed by atoms with Crippen molar-refractivity contribution in [2.75, 3.05) is 0 Å². The topological polar surface area (TPSA) is 38.1 Å². The summed E-state index contributed by atoms with van der Waals surface area (Å²) in [7, 11) is 0. The number of hydrogen-bond acceptors (Lipinski definition) is 3. The fourth-order valence-electron chi connectivity index (χ4n) is 7.74. The van der Waals surface area contributed by atoms with Crippen LogP contribution in [0.4, 0.5) is 5.69 Å². The van der Waals surface area contributed by atoms with E-state index in [4.69, 9.17) is 15.0 Å². The molecule has 1 aliphatic rings. The van der Waals surface area contributed by atoms with Crippen molar-refractivity contribution in [3.63, 3.8) is 0 Å². The van der Waals surface area contributed by atoms with E-state index in [0.29, 0.717) is 5.82 Å². The number of rotatable bonds is 6. The Labute approximate surface area is 308 Å². The van der Waals surface area contributed by atoms with Crippen molar-refractivity contribution < 1.29 is 0 Å². The van der Waals surface area contributed by atoms with Crippen LogP contribution in [-0.2, 0) is 6.42 Å². The zero-order chi connectivity index (χ0) is 35.1. The number of aliphatic imine (C=N–C) groups is 1. The van der Waals surface area contributed by atoms with Gasteiger partial charge in [0.25, 0.3) is 0 Å². The highest BCUT2D eigenvalue weighted by atomic mass is 14.9. The largest absolute Gasteiger partial charge is 0.252 e. The van der Waals surface area contributed by atoms with E-state index in [1.165, 1.54) is 49.4 Å². The van der Waals surface area contributed by atoms with Crippen LogP contribution in [0.1, 0.15) is 11.1 Å². The lowest BCUT2D eigenvalue weighted by atomic mass is 9.85. The molecule has 3 heteroatoms. The predicted octanol–water partition coefficient (Wildman–Crippen LogP) is 12.8. The molecule has 1 aromatic heterocycles. The third kappa shape index (κ3) is 5.60. The first kappa shape index (κ1) is 30.8. The minimum absolute atomic E-state index is 0.713. The van der Waals surface area contributed by atoms with E-state index in [1.807, 2.05) is 24.3 Å². The Morgan fingerprint density at radius 3 is 1.62 bits per heavy atom. The minimum atomic E-state index is 0.713. The highest BCUT2D eigenvalue weighted by Gasteiger charge is 2.25. The number of hydrogen-bond donors (Lipinski definition) is 0. The highest BCUT2D eigenvalue weighted by molar-refractivity contribution is 6.14. The molecule has 0 N–H and O–H groups in total. The first-order chi connectivity index (χ1) is 26.3. The molecule has 0 unspecified atom stereocenters. The van der Waals surface area contributed by atoms with Crippen LogP contribution in [-0.4, -0.2) is 15.7 Å². The summed E-state index contributed by atoms with van der Waals surface area (Å²) in [4.78, 5) is 15.4. The van der Waals surface area contributed by atoms with Gasteiger partial charge in [0.15, 0.2) is 5.82 Å². The van der Waals surface area contributed by atoms with Crippen molar-refractivity contribution in [3.05, 3.63) is 199 Å². The molecule has 0 saturated carbocycles. The molecule has 0 spiro atoms. The average molecular weight is 676 g/mol. The lowest BCUT2D eigenvalue weighted by Gasteiger charge is -2.18. The maximum Gasteiger partial charge on any atom is 0.160 e. The Morgan fingerprint density at radius 2 is 0.925 bits per heavy atom. The third-order valence-electron chi connectivity index (χ3n) is 10.3.